The lowest BCUT2D eigenvalue weighted by Gasteiger charge is -2.15. The Hall–Kier alpha value is -2.84. The Kier molecular flexibility index (Phi) is 6.33. The monoisotopic (exact) mass is 419 g/mol. The fraction of sp³-hybridized carbons (Fsp3) is 0.158. The Labute approximate surface area is 169 Å². The summed E-state index contributed by atoms with van der Waals surface area (Å²) in [4.78, 5) is 32.8. The lowest BCUT2D eigenvalue weighted by atomic mass is 10.2. The molecule has 1 N–H and O–H groups in total. The zero-order chi connectivity index (χ0) is 20.1. The number of aromatic nitrogens is 2. The Morgan fingerprint density at radius 2 is 2.04 bits per heavy atom. The van der Waals surface area contributed by atoms with E-state index in [-0.39, 0.29) is 23.0 Å². The molecule has 9 heteroatoms. The van der Waals surface area contributed by atoms with Gasteiger partial charge in [0.25, 0.3) is 5.91 Å². The minimum atomic E-state index is -1.01. The van der Waals surface area contributed by atoms with E-state index in [2.05, 4.69) is 15.3 Å². The average molecular weight is 420 g/mol. The number of rotatable bonds is 6. The van der Waals surface area contributed by atoms with Crippen molar-refractivity contribution in [3.63, 3.8) is 0 Å². The molecule has 0 aliphatic carbocycles. The molecule has 0 bridgehead atoms. The molecule has 6 nitrogen and oxygen atoms in total. The fourth-order valence-electron chi connectivity index (χ4n) is 2.32. The molecule has 2 aromatic heterocycles. The van der Waals surface area contributed by atoms with Gasteiger partial charge in [-0.25, -0.2) is 19.2 Å². The van der Waals surface area contributed by atoms with Crippen molar-refractivity contribution in [3.05, 3.63) is 64.5 Å². The van der Waals surface area contributed by atoms with E-state index in [0.29, 0.717) is 10.8 Å². The first-order valence-corrected chi connectivity index (χ1v) is 9.57. The molecule has 1 amide bonds. The summed E-state index contributed by atoms with van der Waals surface area (Å²) in [6, 6.07) is 8.90. The number of anilines is 1. The summed E-state index contributed by atoms with van der Waals surface area (Å²) < 4.78 is 18.3. The number of carbonyl (C=O) groups is 2. The molecule has 144 valence electrons. The third-order valence-corrected chi connectivity index (χ3v) is 4.82. The number of hydrogen-bond donors (Lipinski definition) is 1. The smallest absolute Gasteiger partial charge is 0.342 e. The lowest BCUT2D eigenvalue weighted by Crippen LogP contribution is -2.32. The van der Waals surface area contributed by atoms with Crippen LogP contribution in [0.5, 0.6) is 0 Å². The van der Waals surface area contributed by atoms with Gasteiger partial charge in [-0.15, -0.1) is 11.3 Å². The predicted octanol–water partition coefficient (Wildman–Crippen LogP) is 4.57. The topological polar surface area (TPSA) is 81.2 Å². The molecule has 0 aliphatic heterocycles. The lowest BCUT2D eigenvalue weighted by molar-refractivity contribution is -0.124. The van der Waals surface area contributed by atoms with Crippen LogP contribution in [-0.4, -0.2) is 27.9 Å². The molecule has 0 spiro atoms. The standard InChI is InChI=1S/C19H15ClFN3O3S/c1-2-15(27-18(26)13-4-3-9-22-16(13)20)17(25)24-19-23-14(10-28-19)11-5-7-12(21)8-6-11/h3-10,15H,2H2,1H3,(H,23,24,25). The number of benzene rings is 1. The Bertz CT molecular complexity index is 994. The zero-order valence-corrected chi connectivity index (χ0v) is 16.3. The van der Waals surface area contributed by atoms with E-state index in [1.54, 1.807) is 30.5 Å². The van der Waals surface area contributed by atoms with E-state index in [0.717, 1.165) is 5.56 Å². The number of carbonyl (C=O) groups excluding carboxylic acids is 2. The van der Waals surface area contributed by atoms with Crippen LogP contribution in [0.25, 0.3) is 11.3 Å². The molecular formula is C19H15ClFN3O3S. The van der Waals surface area contributed by atoms with Gasteiger partial charge >= 0.3 is 5.97 Å². The highest BCUT2D eigenvalue weighted by atomic mass is 35.5. The number of ether oxygens (including phenoxy) is 1. The van der Waals surface area contributed by atoms with Gasteiger partial charge in [0, 0.05) is 17.1 Å². The minimum absolute atomic E-state index is 0.00613. The molecule has 3 aromatic rings. The molecule has 3 rings (SSSR count). The highest BCUT2D eigenvalue weighted by molar-refractivity contribution is 7.14. The van der Waals surface area contributed by atoms with Crippen LogP contribution in [0.3, 0.4) is 0 Å². The maximum atomic E-state index is 13.0. The number of halogens is 2. The summed E-state index contributed by atoms with van der Waals surface area (Å²) in [6.45, 7) is 1.72. The van der Waals surface area contributed by atoms with Crippen molar-refractivity contribution in [3.8, 4) is 11.3 Å². The summed E-state index contributed by atoms with van der Waals surface area (Å²) >= 11 is 7.10. The van der Waals surface area contributed by atoms with Crippen LogP contribution >= 0.6 is 22.9 Å². The number of thiazole rings is 1. The number of pyridine rings is 1. The van der Waals surface area contributed by atoms with Gasteiger partial charge in [-0.3, -0.25) is 10.1 Å². The van der Waals surface area contributed by atoms with E-state index in [4.69, 9.17) is 16.3 Å². The molecule has 1 aromatic carbocycles. The van der Waals surface area contributed by atoms with Crippen molar-refractivity contribution >= 4 is 39.9 Å². The van der Waals surface area contributed by atoms with E-state index in [1.807, 2.05) is 0 Å². The average Bonchev–Trinajstić information content (AvgIpc) is 3.15. The summed E-state index contributed by atoms with van der Waals surface area (Å²) in [5, 5.41) is 4.73. The first-order valence-electron chi connectivity index (χ1n) is 8.31. The van der Waals surface area contributed by atoms with Crippen LogP contribution in [-0.2, 0) is 9.53 Å². The van der Waals surface area contributed by atoms with E-state index in [1.165, 1.54) is 35.7 Å². The van der Waals surface area contributed by atoms with Crippen LogP contribution in [0.1, 0.15) is 23.7 Å². The molecule has 1 unspecified atom stereocenters. The Morgan fingerprint density at radius 1 is 1.29 bits per heavy atom. The van der Waals surface area contributed by atoms with Gasteiger partial charge in [0.15, 0.2) is 11.2 Å². The maximum absolute atomic E-state index is 13.0. The van der Waals surface area contributed by atoms with Crippen LogP contribution in [0, 0.1) is 5.82 Å². The number of esters is 1. The molecule has 1 atom stereocenters. The molecule has 0 radical (unpaired) electrons. The van der Waals surface area contributed by atoms with Crippen LogP contribution < -0.4 is 5.32 Å². The van der Waals surface area contributed by atoms with Crippen LogP contribution in [0.2, 0.25) is 5.15 Å². The van der Waals surface area contributed by atoms with Gasteiger partial charge in [0.05, 0.1) is 11.3 Å². The first kappa shape index (κ1) is 19.9. The van der Waals surface area contributed by atoms with Gasteiger partial charge in [-0.05, 0) is 42.8 Å². The fourth-order valence-corrected chi connectivity index (χ4v) is 3.24. The highest BCUT2D eigenvalue weighted by Gasteiger charge is 2.24. The second-order valence-corrected chi connectivity index (χ2v) is 6.89. The zero-order valence-electron chi connectivity index (χ0n) is 14.7. The number of nitrogens with zero attached hydrogens (tertiary/aromatic N) is 2. The normalized spacial score (nSPS) is 11.7. The van der Waals surface area contributed by atoms with Crippen molar-refractivity contribution in [2.75, 3.05) is 5.32 Å². The SMILES string of the molecule is CCC(OC(=O)c1cccnc1Cl)C(=O)Nc1nc(-c2ccc(F)cc2)cs1. The van der Waals surface area contributed by atoms with Crippen molar-refractivity contribution < 1.29 is 18.7 Å². The molecule has 0 saturated carbocycles. The first-order chi connectivity index (χ1) is 13.5. The molecule has 2 heterocycles. The van der Waals surface area contributed by atoms with Gasteiger partial charge in [0.1, 0.15) is 11.0 Å². The second-order valence-electron chi connectivity index (χ2n) is 5.68. The molecular weight excluding hydrogens is 405 g/mol. The van der Waals surface area contributed by atoms with Crippen molar-refractivity contribution in [2.45, 2.75) is 19.4 Å². The van der Waals surface area contributed by atoms with E-state index < -0.39 is 18.0 Å². The highest BCUT2D eigenvalue weighted by Crippen LogP contribution is 2.25. The molecule has 0 fully saturated rings. The molecule has 0 saturated heterocycles. The third kappa shape index (κ3) is 4.71. The van der Waals surface area contributed by atoms with Gasteiger partial charge in [0.2, 0.25) is 0 Å². The number of hydrogen-bond acceptors (Lipinski definition) is 6. The van der Waals surface area contributed by atoms with Gasteiger partial charge < -0.3 is 4.74 Å². The van der Waals surface area contributed by atoms with Gasteiger partial charge in [-0.1, -0.05) is 18.5 Å². The predicted molar refractivity (Wildman–Crippen MR) is 105 cm³/mol. The summed E-state index contributed by atoms with van der Waals surface area (Å²) in [5.74, 6) is -1.57. The Morgan fingerprint density at radius 3 is 2.71 bits per heavy atom. The maximum Gasteiger partial charge on any atom is 0.342 e. The van der Waals surface area contributed by atoms with E-state index >= 15 is 0 Å². The van der Waals surface area contributed by atoms with Crippen LogP contribution in [0.15, 0.2) is 48.0 Å². The minimum Gasteiger partial charge on any atom is -0.449 e. The quantitative estimate of drug-likeness (QED) is 0.467. The second kappa shape index (κ2) is 8.90. The number of amides is 1. The molecule has 0 aliphatic rings. The van der Waals surface area contributed by atoms with Crippen molar-refractivity contribution in [2.24, 2.45) is 0 Å². The number of nitrogens with one attached hydrogen (secondary N) is 1. The summed E-state index contributed by atoms with van der Waals surface area (Å²) in [5.41, 5.74) is 1.42. The van der Waals surface area contributed by atoms with E-state index in [9.17, 15) is 14.0 Å². The largest absolute Gasteiger partial charge is 0.449 e. The van der Waals surface area contributed by atoms with Gasteiger partial charge in [-0.2, -0.15) is 0 Å². The Balaban J connectivity index is 1.66. The van der Waals surface area contributed by atoms with Crippen molar-refractivity contribution in [1.29, 1.82) is 0 Å². The summed E-state index contributed by atoms with van der Waals surface area (Å²) in [6.07, 6.45) is 0.706. The van der Waals surface area contributed by atoms with Crippen LogP contribution in [0.4, 0.5) is 9.52 Å². The molecule has 28 heavy (non-hydrogen) atoms. The van der Waals surface area contributed by atoms with Crippen molar-refractivity contribution in [1.82, 2.24) is 9.97 Å². The summed E-state index contributed by atoms with van der Waals surface area (Å²) in [7, 11) is 0. The third-order valence-electron chi connectivity index (χ3n) is 3.77.